The summed E-state index contributed by atoms with van der Waals surface area (Å²) in [7, 11) is 0. The Morgan fingerprint density at radius 2 is 2.33 bits per heavy atom. The fourth-order valence-electron chi connectivity index (χ4n) is 1.20. The quantitative estimate of drug-likeness (QED) is 0.631. The Morgan fingerprint density at radius 1 is 1.58 bits per heavy atom. The normalized spacial score (nSPS) is 18.9. The monoisotopic (exact) mass is 171 g/mol. The molecule has 1 amide bonds. The molecule has 70 valence electrons. The van der Waals surface area contributed by atoms with Crippen LogP contribution in [0.2, 0.25) is 0 Å². The van der Waals surface area contributed by atoms with Crippen molar-refractivity contribution in [1.29, 1.82) is 0 Å². The van der Waals surface area contributed by atoms with Crippen LogP contribution in [0.3, 0.4) is 0 Å². The van der Waals surface area contributed by atoms with E-state index in [-0.39, 0.29) is 12.5 Å². The fraction of sp³-hybridized carbons (Fsp3) is 0.889. The third-order valence-corrected chi connectivity index (χ3v) is 2.06. The molecule has 0 aromatic heterocycles. The van der Waals surface area contributed by atoms with Crippen molar-refractivity contribution in [3.8, 4) is 0 Å². The Labute approximate surface area is 73.7 Å². The molecular weight excluding hydrogens is 154 g/mol. The Kier molecular flexibility index (Phi) is 3.53. The van der Waals surface area contributed by atoms with E-state index >= 15 is 0 Å². The Bertz CT molecular complexity index is 157. The van der Waals surface area contributed by atoms with E-state index < -0.39 is 0 Å². The molecule has 12 heavy (non-hydrogen) atoms. The van der Waals surface area contributed by atoms with Crippen LogP contribution in [0.1, 0.15) is 20.3 Å². The summed E-state index contributed by atoms with van der Waals surface area (Å²) in [5, 5.41) is 0. The van der Waals surface area contributed by atoms with Crippen LogP contribution in [0.4, 0.5) is 0 Å². The van der Waals surface area contributed by atoms with Crippen LogP contribution < -0.4 is 0 Å². The average molecular weight is 171 g/mol. The highest BCUT2D eigenvalue weighted by Crippen LogP contribution is 2.04. The van der Waals surface area contributed by atoms with Gasteiger partial charge in [-0.05, 0) is 12.3 Å². The first-order chi connectivity index (χ1) is 5.70. The van der Waals surface area contributed by atoms with Gasteiger partial charge in [-0.25, -0.2) is 0 Å². The second-order valence-corrected chi connectivity index (χ2v) is 3.62. The molecule has 0 aromatic rings. The van der Waals surface area contributed by atoms with E-state index in [1.54, 1.807) is 0 Å². The minimum atomic E-state index is 0.141. The van der Waals surface area contributed by atoms with Crippen molar-refractivity contribution in [2.45, 2.75) is 20.3 Å². The second-order valence-electron chi connectivity index (χ2n) is 3.62. The lowest BCUT2D eigenvalue weighted by molar-refractivity contribution is -0.142. The largest absolute Gasteiger partial charge is 0.370 e. The summed E-state index contributed by atoms with van der Waals surface area (Å²) in [6.45, 7) is 6.98. The van der Waals surface area contributed by atoms with E-state index in [1.165, 1.54) is 0 Å². The lowest BCUT2D eigenvalue weighted by Gasteiger charge is -2.27. The van der Waals surface area contributed by atoms with Gasteiger partial charge in [0.15, 0.2) is 0 Å². The summed E-state index contributed by atoms with van der Waals surface area (Å²) in [6, 6.07) is 0. The van der Waals surface area contributed by atoms with Gasteiger partial charge >= 0.3 is 0 Å². The number of hydrogen-bond donors (Lipinski definition) is 0. The first kappa shape index (κ1) is 9.52. The van der Waals surface area contributed by atoms with Crippen LogP contribution in [0.5, 0.6) is 0 Å². The first-order valence-electron chi connectivity index (χ1n) is 4.55. The smallest absolute Gasteiger partial charge is 0.248 e. The minimum absolute atomic E-state index is 0.141. The van der Waals surface area contributed by atoms with Crippen LogP contribution >= 0.6 is 0 Å². The second kappa shape index (κ2) is 4.45. The van der Waals surface area contributed by atoms with Crippen molar-refractivity contribution in [3.05, 3.63) is 0 Å². The predicted octanol–water partition coefficient (Wildman–Crippen LogP) is 0.891. The number of nitrogens with zero attached hydrogens (tertiary/aromatic N) is 1. The maximum Gasteiger partial charge on any atom is 0.248 e. The lowest BCUT2D eigenvalue weighted by atomic mass is 10.1. The number of carbonyl (C=O) groups excluding carboxylic acids is 1. The SMILES string of the molecule is CC(C)CCN1CCOCC1=O. The highest BCUT2D eigenvalue weighted by Gasteiger charge is 2.17. The molecule has 0 bridgehead atoms. The molecule has 0 spiro atoms. The standard InChI is InChI=1S/C9H17NO2/c1-8(2)3-4-10-5-6-12-7-9(10)11/h8H,3-7H2,1-2H3. The number of hydrogen-bond acceptors (Lipinski definition) is 2. The van der Waals surface area contributed by atoms with Crippen LogP contribution in [0, 0.1) is 5.92 Å². The van der Waals surface area contributed by atoms with Crippen LogP contribution in [0.15, 0.2) is 0 Å². The third-order valence-electron chi connectivity index (χ3n) is 2.06. The van der Waals surface area contributed by atoms with Gasteiger partial charge in [-0.2, -0.15) is 0 Å². The minimum Gasteiger partial charge on any atom is -0.370 e. The molecule has 1 saturated heterocycles. The van der Waals surface area contributed by atoms with Gasteiger partial charge in [0.2, 0.25) is 5.91 Å². The van der Waals surface area contributed by atoms with Crippen LogP contribution in [0.25, 0.3) is 0 Å². The number of ether oxygens (including phenoxy) is 1. The van der Waals surface area contributed by atoms with E-state index in [0.29, 0.717) is 12.5 Å². The number of rotatable bonds is 3. The molecule has 0 saturated carbocycles. The van der Waals surface area contributed by atoms with Crippen LogP contribution in [-0.4, -0.2) is 37.1 Å². The molecule has 1 heterocycles. The first-order valence-corrected chi connectivity index (χ1v) is 4.55. The zero-order valence-electron chi connectivity index (χ0n) is 7.88. The van der Waals surface area contributed by atoms with Gasteiger partial charge in [0.1, 0.15) is 6.61 Å². The summed E-state index contributed by atoms with van der Waals surface area (Å²) in [5.74, 6) is 0.808. The zero-order chi connectivity index (χ0) is 8.97. The van der Waals surface area contributed by atoms with Crippen molar-refractivity contribution in [3.63, 3.8) is 0 Å². The van der Waals surface area contributed by atoms with E-state index in [0.717, 1.165) is 19.5 Å². The molecule has 0 atom stereocenters. The molecule has 0 radical (unpaired) electrons. The maximum absolute atomic E-state index is 11.2. The summed E-state index contributed by atoms with van der Waals surface area (Å²) >= 11 is 0. The van der Waals surface area contributed by atoms with E-state index in [4.69, 9.17) is 4.74 Å². The van der Waals surface area contributed by atoms with E-state index in [1.807, 2.05) is 4.90 Å². The van der Waals surface area contributed by atoms with Gasteiger partial charge in [-0.1, -0.05) is 13.8 Å². The molecular formula is C9H17NO2. The highest BCUT2D eigenvalue weighted by atomic mass is 16.5. The summed E-state index contributed by atoms with van der Waals surface area (Å²) in [5.41, 5.74) is 0. The van der Waals surface area contributed by atoms with Gasteiger partial charge in [0, 0.05) is 13.1 Å². The zero-order valence-corrected chi connectivity index (χ0v) is 7.88. The highest BCUT2D eigenvalue weighted by molar-refractivity contribution is 5.77. The molecule has 1 aliphatic rings. The molecule has 3 heteroatoms. The Balaban J connectivity index is 2.25. The maximum atomic E-state index is 11.2. The number of amides is 1. The molecule has 1 fully saturated rings. The average Bonchev–Trinajstić information content (AvgIpc) is 2.03. The van der Waals surface area contributed by atoms with Crippen molar-refractivity contribution in [2.24, 2.45) is 5.92 Å². The van der Waals surface area contributed by atoms with Crippen LogP contribution in [-0.2, 0) is 9.53 Å². The van der Waals surface area contributed by atoms with Gasteiger partial charge in [-0.15, -0.1) is 0 Å². The topological polar surface area (TPSA) is 29.5 Å². The van der Waals surface area contributed by atoms with Gasteiger partial charge in [-0.3, -0.25) is 4.79 Å². The molecule has 1 rings (SSSR count). The van der Waals surface area contributed by atoms with Gasteiger partial charge < -0.3 is 9.64 Å². The number of carbonyl (C=O) groups is 1. The number of morpholine rings is 1. The lowest BCUT2D eigenvalue weighted by Crippen LogP contribution is -2.42. The molecule has 0 N–H and O–H groups in total. The van der Waals surface area contributed by atoms with Crippen molar-refractivity contribution in [1.82, 2.24) is 4.90 Å². The molecule has 0 aromatic carbocycles. The van der Waals surface area contributed by atoms with Crippen molar-refractivity contribution < 1.29 is 9.53 Å². The van der Waals surface area contributed by atoms with Gasteiger partial charge in [0.25, 0.3) is 0 Å². The fourth-order valence-corrected chi connectivity index (χ4v) is 1.20. The van der Waals surface area contributed by atoms with Crippen molar-refractivity contribution >= 4 is 5.91 Å². The summed E-state index contributed by atoms with van der Waals surface area (Å²) in [6.07, 6.45) is 1.09. The van der Waals surface area contributed by atoms with E-state index in [9.17, 15) is 4.79 Å². The summed E-state index contributed by atoms with van der Waals surface area (Å²) in [4.78, 5) is 13.1. The van der Waals surface area contributed by atoms with E-state index in [2.05, 4.69) is 13.8 Å². The van der Waals surface area contributed by atoms with Gasteiger partial charge in [0.05, 0.1) is 6.61 Å². The Morgan fingerprint density at radius 3 is 2.92 bits per heavy atom. The summed E-state index contributed by atoms with van der Waals surface area (Å²) < 4.78 is 5.03. The third kappa shape index (κ3) is 2.81. The molecule has 0 aliphatic carbocycles. The predicted molar refractivity (Wildman–Crippen MR) is 46.9 cm³/mol. The Hall–Kier alpha value is -0.570. The molecule has 1 aliphatic heterocycles. The molecule has 3 nitrogen and oxygen atoms in total. The van der Waals surface area contributed by atoms with Crippen molar-refractivity contribution in [2.75, 3.05) is 26.3 Å². The molecule has 0 unspecified atom stereocenters.